The summed E-state index contributed by atoms with van der Waals surface area (Å²) in [5.41, 5.74) is -6.10. The maximum atomic E-state index is 13.4. The second-order valence-corrected chi connectivity index (χ2v) is 8.70. The van der Waals surface area contributed by atoms with Crippen LogP contribution in [0, 0.1) is 6.92 Å². The molecule has 4 aromatic rings. The molecule has 0 aliphatic heterocycles. The highest BCUT2D eigenvalue weighted by Crippen LogP contribution is 2.33. The Morgan fingerprint density at radius 3 is 2.18 bits per heavy atom. The summed E-state index contributed by atoms with van der Waals surface area (Å²) in [5, 5.41) is 9.56. The van der Waals surface area contributed by atoms with Gasteiger partial charge in [0.15, 0.2) is 0 Å². The SMILES string of the molecule is Cc1c(Cn2c(=O)c(C(=O)O)cn(-c3ccc4c(c3)n(CC(F)(F)F)c(=O)n4C)c2=O)cccc1C(F)(F)F. The number of imidazole rings is 1. The van der Waals surface area contributed by atoms with Crippen LogP contribution in [0.1, 0.15) is 27.0 Å². The molecular weight excluding hydrogens is 538 g/mol. The third-order valence-electron chi connectivity index (χ3n) is 6.23. The summed E-state index contributed by atoms with van der Waals surface area (Å²) in [5.74, 6) is -1.75. The molecule has 2 heterocycles. The van der Waals surface area contributed by atoms with E-state index in [9.17, 15) is 50.6 Å². The molecule has 0 aliphatic rings. The lowest BCUT2D eigenvalue weighted by atomic mass is 10.0. The van der Waals surface area contributed by atoms with Gasteiger partial charge < -0.3 is 5.11 Å². The van der Waals surface area contributed by atoms with E-state index in [1.54, 1.807) is 0 Å². The van der Waals surface area contributed by atoms with Gasteiger partial charge in [0.1, 0.15) is 12.1 Å². The summed E-state index contributed by atoms with van der Waals surface area (Å²) < 4.78 is 81.9. The molecule has 2 aromatic carbocycles. The Morgan fingerprint density at radius 1 is 0.923 bits per heavy atom. The van der Waals surface area contributed by atoms with Crippen molar-refractivity contribution in [1.29, 1.82) is 0 Å². The minimum atomic E-state index is -4.77. The molecule has 0 atom stereocenters. The lowest BCUT2D eigenvalue weighted by Gasteiger charge is -2.16. The van der Waals surface area contributed by atoms with Gasteiger partial charge in [-0.15, -0.1) is 0 Å². The predicted octanol–water partition coefficient (Wildman–Crippen LogP) is 3.29. The number of hydrogen-bond acceptors (Lipinski definition) is 4. The van der Waals surface area contributed by atoms with E-state index in [0.717, 1.165) is 29.7 Å². The van der Waals surface area contributed by atoms with Gasteiger partial charge in [0.25, 0.3) is 5.56 Å². The molecule has 2 aromatic heterocycles. The molecule has 39 heavy (non-hydrogen) atoms. The van der Waals surface area contributed by atoms with Crippen molar-refractivity contribution in [1.82, 2.24) is 18.3 Å². The standard InChI is InChI=1S/C24H18F6N4O5/c1-12-13(4-3-5-16(12)24(28,29)30)9-33-19(35)15(20(36)37)10-32(22(33)39)14-6-7-17-18(8-14)34(11-23(25,26)27)21(38)31(17)2/h3-8,10H,9,11H2,1-2H3,(H,36,37). The molecule has 0 radical (unpaired) electrons. The van der Waals surface area contributed by atoms with E-state index in [0.29, 0.717) is 19.9 Å². The molecule has 0 unspecified atom stereocenters. The van der Waals surface area contributed by atoms with Crippen LogP contribution >= 0.6 is 0 Å². The highest BCUT2D eigenvalue weighted by molar-refractivity contribution is 5.87. The van der Waals surface area contributed by atoms with E-state index in [1.807, 2.05) is 0 Å². The van der Waals surface area contributed by atoms with Crippen molar-refractivity contribution < 1.29 is 36.2 Å². The van der Waals surface area contributed by atoms with Crippen LogP contribution in [-0.4, -0.2) is 35.5 Å². The largest absolute Gasteiger partial charge is 0.477 e. The molecule has 15 heteroatoms. The molecule has 0 aliphatic carbocycles. The van der Waals surface area contributed by atoms with Crippen molar-refractivity contribution in [2.24, 2.45) is 7.05 Å². The van der Waals surface area contributed by atoms with E-state index in [-0.39, 0.29) is 27.8 Å². The van der Waals surface area contributed by atoms with Crippen molar-refractivity contribution in [3.8, 4) is 5.69 Å². The van der Waals surface area contributed by atoms with Gasteiger partial charge in [-0.05, 0) is 42.3 Å². The van der Waals surface area contributed by atoms with E-state index < -0.39 is 59.5 Å². The number of carbonyl (C=O) groups is 1. The van der Waals surface area contributed by atoms with Crippen molar-refractivity contribution in [2.75, 3.05) is 0 Å². The zero-order valence-electron chi connectivity index (χ0n) is 20.1. The summed E-state index contributed by atoms with van der Waals surface area (Å²) in [6.45, 7) is -1.23. The molecule has 0 fully saturated rings. The number of aromatic carboxylic acids is 1. The van der Waals surface area contributed by atoms with Crippen molar-refractivity contribution in [3.63, 3.8) is 0 Å². The Morgan fingerprint density at radius 2 is 1.59 bits per heavy atom. The number of hydrogen-bond donors (Lipinski definition) is 1. The van der Waals surface area contributed by atoms with Gasteiger partial charge in [0.2, 0.25) is 0 Å². The zero-order valence-corrected chi connectivity index (χ0v) is 20.1. The summed E-state index contributed by atoms with van der Waals surface area (Å²) in [6.07, 6.45) is -8.83. The van der Waals surface area contributed by atoms with Crippen LogP contribution in [0.4, 0.5) is 26.3 Å². The minimum absolute atomic E-state index is 0.0763. The van der Waals surface area contributed by atoms with Crippen LogP contribution in [0.5, 0.6) is 0 Å². The highest BCUT2D eigenvalue weighted by Gasteiger charge is 2.33. The zero-order chi connectivity index (χ0) is 29.0. The molecule has 0 amide bonds. The van der Waals surface area contributed by atoms with Gasteiger partial charge in [-0.3, -0.25) is 23.1 Å². The number of carboxylic acid groups (broad SMARTS) is 1. The van der Waals surface area contributed by atoms with Gasteiger partial charge in [0, 0.05) is 13.2 Å². The number of alkyl halides is 6. The number of rotatable bonds is 5. The number of nitrogens with zero attached hydrogens (tertiary/aromatic N) is 4. The van der Waals surface area contributed by atoms with Crippen LogP contribution in [-0.2, 0) is 26.3 Å². The maximum Gasteiger partial charge on any atom is 0.416 e. The summed E-state index contributed by atoms with van der Waals surface area (Å²) in [6, 6.07) is 6.61. The molecule has 0 saturated carbocycles. The monoisotopic (exact) mass is 556 g/mol. The molecule has 206 valence electrons. The van der Waals surface area contributed by atoms with Gasteiger partial charge in [0.05, 0.1) is 28.8 Å². The average Bonchev–Trinajstić information content (AvgIpc) is 3.05. The van der Waals surface area contributed by atoms with Gasteiger partial charge in [-0.1, -0.05) is 12.1 Å². The first-order valence-corrected chi connectivity index (χ1v) is 11.0. The Hall–Kier alpha value is -4.56. The molecular formula is C24H18F6N4O5. The Labute approximate surface area is 213 Å². The number of benzene rings is 2. The van der Waals surface area contributed by atoms with Gasteiger partial charge >= 0.3 is 29.7 Å². The summed E-state index contributed by atoms with van der Waals surface area (Å²) in [7, 11) is 1.24. The van der Waals surface area contributed by atoms with E-state index >= 15 is 0 Å². The number of carboxylic acids is 1. The molecule has 0 bridgehead atoms. The smallest absolute Gasteiger partial charge is 0.416 e. The Bertz CT molecular complexity index is 1810. The third-order valence-corrected chi connectivity index (χ3v) is 6.23. The van der Waals surface area contributed by atoms with E-state index in [4.69, 9.17) is 0 Å². The molecule has 9 nitrogen and oxygen atoms in total. The summed E-state index contributed by atoms with van der Waals surface area (Å²) in [4.78, 5) is 50.4. The molecule has 4 rings (SSSR count). The normalized spacial score (nSPS) is 12.3. The lowest BCUT2D eigenvalue weighted by molar-refractivity contribution is -0.140. The molecule has 1 N–H and O–H groups in total. The summed E-state index contributed by atoms with van der Waals surface area (Å²) >= 11 is 0. The first-order chi connectivity index (χ1) is 18.0. The first-order valence-electron chi connectivity index (χ1n) is 11.0. The van der Waals surface area contributed by atoms with Crippen LogP contribution in [0.25, 0.3) is 16.7 Å². The number of fused-ring (bicyclic) bond motifs is 1. The number of halogens is 6. The third kappa shape index (κ3) is 4.98. The first kappa shape index (κ1) is 27.5. The van der Waals surface area contributed by atoms with Crippen LogP contribution in [0.2, 0.25) is 0 Å². The van der Waals surface area contributed by atoms with E-state index in [1.165, 1.54) is 25.2 Å². The predicted molar refractivity (Wildman–Crippen MR) is 125 cm³/mol. The van der Waals surface area contributed by atoms with Crippen LogP contribution < -0.4 is 16.9 Å². The van der Waals surface area contributed by atoms with Crippen molar-refractivity contribution in [3.05, 3.63) is 96.2 Å². The van der Waals surface area contributed by atoms with Crippen molar-refractivity contribution >= 4 is 17.0 Å². The fraction of sp³-hybridized carbons (Fsp3) is 0.250. The second kappa shape index (κ2) is 9.32. The maximum absolute atomic E-state index is 13.4. The molecule has 0 spiro atoms. The Kier molecular flexibility index (Phi) is 6.57. The van der Waals surface area contributed by atoms with Crippen molar-refractivity contribution in [2.45, 2.75) is 32.4 Å². The minimum Gasteiger partial charge on any atom is -0.477 e. The molecule has 0 saturated heterocycles. The highest BCUT2D eigenvalue weighted by atomic mass is 19.4. The van der Waals surface area contributed by atoms with Gasteiger partial charge in [-0.25, -0.2) is 14.4 Å². The fourth-order valence-electron chi connectivity index (χ4n) is 4.29. The topological polar surface area (TPSA) is 108 Å². The lowest BCUT2D eigenvalue weighted by Crippen LogP contribution is -2.42. The van der Waals surface area contributed by atoms with Crippen LogP contribution in [0.15, 0.2) is 57.0 Å². The second-order valence-electron chi connectivity index (χ2n) is 8.70. The quantitative estimate of drug-likeness (QED) is 0.380. The van der Waals surface area contributed by atoms with Crippen LogP contribution in [0.3, 0.4) is 0 Å². The fourth-order valence-corrected chi connectivity index (χ4v) is 4.29. The Balaban J connectivity index is 1.96. The average molecular weight is 556 g/mol. The number of aryl methyl sites for hydroxylation is 1. The van der Waals surface area contributed by atoms with Gasteiger partial charge in [-0.2, -0.15) is 26.3 Å². The number of aromatic nitrogens is 4. The van der Waals surface area contributed by atoms with E-state index in [2.05, 4.69) is 0 Å².